The Morgan fingerprint density at radius 3 is 2.81 bits per heavy atom. The molecule has 0 amide bonds. The molecular formula is C10H11N3O2S. The van der Waals surface area contributed by atoms with E-state index in [0.717, 1.165) is 12.8 Å². The first-order valence-corrected chi connectivity index (χ1v) is 6.12. The van der Waals surface area contributed by atoms with Gasteiger partial charge in [-0.3, -0.25) is 14.3 Å². The molecule has 1 saturated carbocycles. The molecule has 0 aliphatic heterocycles. The van der Waals surface area contributed by atoms with Crippen molar-refractivity contribution in [1.82, 2.24) is 9.55 Å². The summed E-state index contributed by atoms with van der Waals surface area (Å²) < 4.78 is 1.54. The second-order valence-corrected chi connectivity index (χ2v) is 5.20. The number of aromatic amines is 1. The third kappa shape index (κ3) is 1.91. The topological polar surface area (TPSA) is 78.7 Å². The second-order valence-electron chi connectivity index (χ2n) is 3.93. The maximum atomic E-state index is 11.5. The van der Waals surface area contributed by atoms with E-state index in [0.29, 0.717) is 6.54 Å². The van der Waals surface area contributed by atoms with Gasteiger partial charge in [0.15, 0.2) is 0 Å². The van der Waals surface area contributed by atoms with Crippen molar-refractivity contribution in [2.45, 2.75) is 24.1 Å². The Morgan fingerprint density at radius 2 is 2.31 bits per heavy atom. The predicted molar refractivity (Wildman–Crippen MR) is 61.5 cm³/mol. The van der Waals surface area contributed by atoms with Gasteiger partial charge in [0.05, 0.1) is 0 Å². The summed E-state index contributed by atoms with van der Waals surface area (Å²) in [5.41, 5.74) is -1.07. The van der Waals surface area contributed by atoms with Crippen LogP contribution >= 0.6 is 11.8 Å². The molecule has 1 aromatic heterocycles. The first-order chi connectivity index (χ1) is 7.60. The highest BCUT2D eigenvalue weighted by Crippen LogP contribution is 2.48. The molecule has 1 aliphatic carbocycles. The van der Waals surface area contributed by atoms with Crippen LogP contribution in [0.1, 0.15) is 18.4 Å². The van der Waals surface area contributed by atoms with Crippen LogP contribution in [-0.2, 0) is 6.54 Å². The van der Waals surface area contributed by atoms with Gasteiger partial charge < -0.3 is 0 Å². The van der Waals surface area contributed by atoms with Crippen molar-refractivity contribution in [2.75, 3.05) is 6.26 Å². The molecule has 2 rings (SSSR count). The summed E-state index contributed by atoms with van der Waals surface area (Å²) in [7, 11) is 0. The molecule has 16 heavy (non-hydrogen) atoms. The van der Waals surface area contributed by atoms with E-state index < -0.39 is 11.2 Å². The zero-order valence-electron chi connectivity index (χ0n) is 8.82. The molecule has 0 unspecified atom stereocenters. The van der Waals surface area contributed by atoms with E-state index in [-0.39, 0.29) is 10.3 Å². The van der Waals surface area contributed by atoms with Crippen LogP contribution in [0.4, 0.5) is 0 Å². The minimum absolute atomic E-state index is 0.0171. The number of thioether (sulfide) groups is 1. The molecule has 5 nitrogen and oxygen atoms in total. The standard InChI is InChI=1S/C10H11N3O2S/c1-16-10(2-3-10)6-13-5-7(4-11)8(14)12-9(13)15/h5H,2-3,6H2,1H3,(H,12,14,15). The summed E-state index contributed by atoms with van der Waals surface area (Å²) in [6, 6.07) is 1.78. The minimum Gasteiger partial charge on any atom is -0.298 e. The quantitative estimate of drug-likeness (QED) is 0.820. The van der Waals surface area contributed by atoms with Gasteiger partial charge in [0.2, 0.25) is 0 Å². The molecule has 1 aliphatic rings. The first kappa shape index (κ1) is 11.0. The van der Waals surface area contributed by atoms with Crippen molar-refractivity contribution in [3.8, 4) is 6.07 Å². The second kappa shape index (κ2) is 3.83. The zero-order chi connectivity index (χ0) is 11.8. The van der Waals surface area contributed by atoms with Crippen molar-refractivity contribution in [2.24, 2.45) is 0 Å². The molecular weight excluding hydrogens is 226 g/mol. The number of hydrogen-bond donors (Lipinski definition) is 1. The lowest BCUT2D eigenvalue weighted by Crippen LogP contribution is -2.33. The Bertz CT molecular complexity index is 563. The van der Waals surface area contributed by atoms with Crippen LogP contribution < -0.4 is 11.2 Å². The molecule has 0 atom stereocenters. The predicted octanol–water partition coefficient (Wildman–Crippen LogP) is 0.304. The molecule has 0 bridgehead atoms. The number of H-pyrrole nitrogens is 1. The fourth-order valence-corrected chi connectivity index (χ4v) is 2.36. The molecule has 0 aromatic carbocycles. The van der Waals surface area contributed by atoms with Crippen molar-refractivity contribution in [3.05, 3.63) is 32.6 Å². The number of aromatic nitrogens is 2. The van der Waals surface area contributed by atoms with Gasteiger partial charge in [0.25, 0.3) is 5.56 Å². The Labute approximate surface area is 96.1 Å². The van der Waals surface area contributed by atoms with Crippen molar-refractivity contribution in [1.29, 1.82) is 5.26 Å². The smallest absolute Gasteiger partial charge is 0.298 e. The molecule has 0 spiro atoms. The van der Waals surface area contributed by atoms with Crippen LogP contribution in [-0.4, -0.2) is 20.6 Å². The van der Waals surface area contributed by atoms with Gasteiger partial charge in [-0.15, -0.1) is 0 Å². The highest BCUT2D eigenvalue weighted by Gasteiger charge is 2.42. The number of hydrogen-bond acceptors (Lipinski definition) is 4. The summed E-state index contributed by atoms with van der Waals surface area (Å²) in [6.07, 6.45) is 5.50. The van der Waals surface area contributed by atoms with Crippen LogP contribution in [0.5, 0.6) is 0 Å². The van der Waals surface area contributed by atoms with E-state index in [1.807, 2.05) is 6.26 Å². The van der Waals surface area contributed by atoms with Gasteiger partial charge in [-0.2, -0.15) is 17.0 Å². The normalized spacial score (nSPS) is 16.8. The number of nitrogens with zero attached hydrogens (tertiary/aromatic N) is 2. The lowest BCUT2D eigenvalue weighted by atomic mass is 10.3. The largest absolute Gasteiger partial charge is 0.328 e. The first-order valence-electron chi connectivity index (χ1n) is 4.89. The molecule has 0 saturated heterocycles. The Kier molecular flexibility index (Phi) is 2.64. The van der Waals surface area contributed by atoms with E-state index in [1.54, 1.807) is 17.8 Å². The fraction of sp³-hybridized carbons (Fsp3) is 0.500. The number of nitriles is 1. The van der Waals surface area contributed by atoms with Crippen molar-refractivity contribution < 1.29 is 0 Å². The monoisotopic (exact) mass is 237 g/mol. The third-order valence-electron chi connectivity index (χ3n) is 2.83. The molecule has 1 aromatic rings. The van der Waals surface area contributed by atoms with Gasteiger partial charge >= 0.3 is 5.69 Å². The van der Waals surface area contributed by atoms with E-state index >= 15 is 0 Å². The molecule has 6 heteroatoms. The Balaban J connectivity index is 2.39. The highest BCUT2D eigenvalue weighted by molar-refractivity contribution is 8.00. The zero-order valence-corrected chi connectivity index (χ0v) is 9.63. The SMILES string of the molecule is CSC1(Cn2cc(C#N)c(=O)[nH]c2=O)CC1. The molecule has 1 heterocycles. The summed E-state index contributed by atoms with van der Waals surface area (Å²) in [5.74, 6) is 0. The average molecular weight is 237 g/mol. The molecule has 0 radical (unpaired) electrons. The van der Waals surface area contributed by atoms with E-state index in [1.165, 1.54) is 10.8 Å². The van der Waals surface area contributed by atoms with Crippen LogP contribution in [0.25, 0.3) is 0 Å². The maximum Gasteiger partial charge on any atom is 0.328 e. The van der Waals surface area contributed by atoms with Crippen LogP contribution in [0.3, 0.4) is 0 Å². The summed E-state index contributed by atoms with van der Waals surface area (Å²) in [4.78, 5) is 24.8. The van der Waals surface area contributed by atoms with Gasteiger partial charge in [0.1, 0.15) is 11.6 Å². The Morgan fingerprint density at radius 1 is 1.62 bits per heavy atom. The van der Waals surface area contributed by atoms with E-state index in [4.69, 9.17) is 5.26 Å². The summed E-state index contributed by atoms with van der Waals surface area (Å²) in [6.45, 7) is 0.554. The van der Waals surface area contributed by atoms with Gasteiger partial charge in [-0.05, 0) is 19.1 Å². The summed E-state index contributed by atoms with van der Waals surface area (Å²) in [5, 5.41) is 8.71. The molecule has 84 valence electrons. The van der Waals surface area contributed by atoms with Crippen molar-refractivity contribution in [3.63, 3.8) is 0 Å². The van der Waals surface area contributed by atoms with Crippen LogP contribution in [0.2, 0.25) is 0 Å². The molecule has 1 N–H and O–H groups in total. The van der Waals surface area contributed by atoms with Crippen molar-refractivity contribution >= 4 is 11.8 Å². The molecule has 1 fully saturated rings. The highest BCUT2D eigenvalue weighted by atomic mass is 32.2. The lowest BCUT2D eigenvalue weighted by molar-refractivity contribution is 0.616. The van der Waals surface area contributed by atoms with E-state index in [2.05, 4.69) is 4.98 Å². The Hall–Kier alpha value is -1.48. The van der Waals surface area contributed by atoms with Crippen LogP contribution in [0.15, 0.2) is 15.8 Å². The minimum atomic E-state index is -0.613. The third-order valence-corrected chi connectivity index (χ3v) is 4.23. The fourth-order valence-electron chi connectivity index (χ4n) is 1.58. The number of nitrogens with one attached hydrogen (secondary N) is 1. The van der Waals surface area contributed by atoms with E-state index in [9.17, 15) is 9.59 Å². The van der Waals surface area contributed by atoms with Gasteiger partial charge in [-0.1, -0.05) is 0 Å². The van der Waals surface area contributed by atoms with Gasteiger partial charge in [-0.25, -0.2) is 4.79 Å². The van der Waals surface area contributed by atoms with Crippen LogP contribution in [0, 0.1) is 11.3 Å². The maximum absolute atomic E-state index is 11.5. The average Bonchev–Trinajstić information content (AvgIpc) is 3.03. The van der Waals surface area contributed by atoms with Gasteiger partial charge in [0, 0.05) is 17.5 Å². The summed E-state index contributed by atoms with van der Waals surface area (Å²) >= 11 is 1.72. The lowest BCUT2D eigenvalue weighted by Gasteiger charge is -2.13. The number of rotatable bonds is 3.